The summed E-state index contributed by atoms with van der Waals surface area (Å²) in [4.78, 5) is 150. The van der Waals surface area contributed by atoms with Gasteiger partial charge in [-0.05, 0) is 157 Å². The Morgan fingerprint density at radius 3 is 0.871 bits per heavy atom. The summed E-state index contributed by atoms with van der Waals surface area (Å²) in [6, 6.07) is -0.772. The molecule has 0 aliphatic carbocycles. The molecule has 0 unspecified atom stereocenters. The average molecular weight is 1900 g/mol. The number of hydrogen-bond donors (Lipinski definition) is 21. The van der Waals surface area contributed by atoms with Gasteiger partial charge in [0, 0.05) is 142 Å². The number of aliphatic hydroxyl groups excluding tert-OH is 12. The number of carbonyl (C=O) groups is 12. The van der Waals surface area contributed by atoms with E-state index < -0.39 is 135 Å². The van der Waals surface area contributed by atoms with E-state index in [-0.39, 0.29) is 162 Å². The molecule has 0 aromatic carbocycles. The minimum atomic E-state index is -1.43. The molecule has 0 radical (unpaired) electrons. The van der Waals surface area contributed by atoms with Crippen LogP contribution < -0.4 is 47.9 Å². The first-order chi connectivity index (χ1) is 63.1. The van der Waals surface area contributed by atoms with Crippen molar-refractivity contribution in [2.45, 2.75) is 421 Å². The zero-order valence-electron chi connectivity index (χ0n) is 78.8. The maximum absolute atomic E-state index is 13.3. The number of aliphatic hydroxyl groups is 12. The van der Waals surface area contributed by atoms with Gasteiger partial charge in [-0.2, -0.15) is 0 Å². The quantitative estimate of drug-likeness (QED) is 0.0365. The molecule has 764 valence electrons. The monoisotopic (exact) mass is 1890 g/mol. The first-order valence-electron chi connectivity index (χ1n) is 48.4. The molecule has 4 heterocycles. The molecular formula is C91H163N9O32. The Morgan fingerprint density at radius 1 is 0.250 bits per heavy atom. The number of rotatable bonds is 71. The van der Waals surface area contributed by atoms with Gasteiger partial charge in [0.2, 0.25) is 53.2 Å². The first kappa shape index (κ1) is 120. The van der Waals surface area contributed by atoms with Gasteiger partial charge in [-0.15, -0.1) is 0 Å². The molecule has 132 heavy (non-hydrogen) atoms. The standard InChI is InChI=1S/C47H83N3O16.C44H80N6O16/c1-4-48-37(54)24-13-6-5-10-22-36(53)30-33(45(62)50-26-16-8-12-20-35(52)23-17-28-63-46-43(60)41(58)39(56)31(2)65-46)18-9-7-11-19-34(51)21-14-15-25-38(55)49-27-29-64-47-44(61)42(59)40(57)32(3)66-47;1-4-45-31(51)17-8-5-6-9-21-35(55)50-30(42(62)49-23-14-7-10-18-33(53)47-24-26-63-43-40(60)38(58)36(56)28(2)65-43)16-13-15-22-46-32(52)19-11-12-20-34(54)48-25-27-64-44-41(61)39(59)37(57)29(3)66-44/h31-33,39-44,46-47,56-61H,4-30H2,1-3H3,(H,48,54)(H,49,55)(H,50,62);28-30,36-41,43-44,56-61H,4-27H2,1-3H3,(H,45,51)(H,46,52)(H,47,53)(H,48,54)(H,49,62)(H,50,55)/t31-,32-,33+,39+,40+,41+,42+,43-,44-,46+,47+;28-,29-,30-,36+,37+,38+,39-,40-,41-,43+,44+/m00/s1. The summed E-state index contributed by atoms with van der Waals surface area (Å²) < 4.78 is 43.2. The topological polar surface area (TPSA) is 630 Å². The Hall–Kier alpha value is -6.56. The van der Waals surface area contributed by atoms with Gasteiger partial charge in [0.15, 0.2) is 25.2 Å². The normalized spacial score (nSPS) is 25.7. The van der Waals surface area contributed by atoms with Crippen LogP contribution in [0.25, 0.3) is 0 Å². The fourth-order valence-electron chi connectivity index (χ4n) is 15.1. The van der Waals surface area contributed by atoms with Crippen molar-refractivity contribution in [3.05, 3.63) is 0 Å². The second-order valence-corrected chi connectivity index (χ2v) is 34.8. The first-order valence-corrected chi connectivity index (χ1v) is 48.4. The minimum absolute atomic E-state index is 0.00880. The van der Waals surface area contributed by atoms with Crippen LogP contribution in [0.15, 0.2) is 0 Å². The van der Waals surface area contributed by atoms with Crippen molar-refractivity contribution in [3.63, 3.8) is 0 Å². The molecular weight excluding hydrogens is 1730 g/mol. The number of unbranched alkanes of at least 4 members (excludes halogenated alkanes) is 15. The summed E-state index contributed by atoms with van der Waals surface area (Å²) >= 11 is 0. The van der Waals surface area contributed by atoms with Crippen molar-refractivity contribution in [1.82, 2.24) is 47.9 Å². The van der Waals surface area contributed by atoms with Crippen LogP contribution in [-0.4, -0.2) is 339 Å². The van der Waals surface area contributed by atoms with E-state index in [1.165, 1.54) is 0 Å². The van der Waals surface area contributed by atoms with Crippen LogP contribution in [0.5, 0.6) is 0 Å². The number of ether oxygens (including phenoxy) is 8. The molecule has 4 aliphatic heterocycles. The summed E-state index contributed by atoms with van der Waals surface area (Å²) in [6.45, 7) is 13.0. The van der Waals surface area contributed by atoms with Gasteiger partial charge in [-0.3, -0.25) is 57.5 Å². The third kappa shape index (κ3) is 51.6. The van der Waals surface area contributed by atoms with E-state index in [0.29, 0.717) is 187 Å². The Labute approximate surface area is 777 Å². The van der Waals surface area contributed by atoms with Crippen LogP contribution in [0.1, 0.15) is 292 Å². The molecule has 4 fully saturated rings. The summed E-state index contributed by atoms with van der Waals surface area (Å²) in [7, 11) is 0. The second kappa shape index (κ2) is 71.0. The highest BCUT2D eigenvalue weighted by molar-refractivity contribution is 5.88. The third-order valence-corrected chi connectivity index (χ3v) is 23.4. The van der Waals surface area contributed by atoms with Crippen LogP contribution in [0.2, 0.25) is 0 Å². The molecule has 4 rings (SSSR count). The lowest BCUT2D eigenvalue weighted by atomic mass is 9.92. The minimum Gasteiger partial charge on any atom is -0.388 e. The fraction of sp³-hybridized carbons (Fsp3) is 0.868. The lowest BCUT2D eigenvalue weighted by Gasteiger charge is -2.38. The molecule has 4 saturated heterocycles. The van der Waals surface area contributed by atoms with E-state index in [1.807, 2.05) is 13.8 Å². The molecule has 0 spiro atoms. The number of amides is 9. The SMILES string of the molecule is CCNC(=O)CCCCCCC(=O)C[C@@H](CCCCCC(=O)CCCCC(=O)NCCO[C@@H]1O[C@@H](C)[C@@H](O)[C@@H](O)[C@@H]1O)C(=O)NCCCCCC(=O)CCCO[C@@H]1O[C@@H](C)[C@@H](O)[C@@H](O)[C@@H]1O.CCNC(=O)CCCCCCC(=O)N[C@@H](CCCCNC(=O)CCCCC(=O)NCCO[C@@H]1O[C@@H](C)[C@@H](O)[C@H](O)[C@@H]1O)C(=O)NCCCCCC(=O)NCCO[C@@H]1O[C@@H](C)[C@@H](O)[C@@H](O)[C@@H]1O. The highest BCUT2D eigenvalue weighted by Gasteiger charge is 2.46. The largest absolute Gasteiger partial charge is 0.388 e. The van der Waals surface area contributed by atoms with E-state index in [9.17, 15) is 119 Å². The van der Waals surface area contributed by atoms with Crippen LogP contribution >= 0.6 is 0 Å². The molecule has 9 amide bonds. The number of carbonyl (C=O) groups excluding carboxylic acids is 12. The molecule has 22 atom stereocenters. The molecule has 0 aromatic heterocycles. The number of nitrogens with one attached hydrogen (secondary N) is 9. The van der Waals surface area contributed by atoms with Crippen molar-refractivity contribution in [3.8, 4) is 0 Å². The lowest BCUT2D eigenvalue weighted by molar-refractivity contribution is -0.293. The van der Waals surface area contributed by atoms with Gasteiger partial charge in [0.05, 0.1) is 50.8 Å². The summed E-state index contributed by atoms with van der Waals surface area (Å²) in [6.07, 6.45) is -3.04. The summed E-state index contributed by atoms with van der Waals surface area (Å²) in [5, 5.41) is 144. The van der Waals surface area contributed by atoms with E-state index in [0.717, 1.165) is 51.4 Å². The van der Waals surface area contributed by atoms with Crippen molar-refractivity contribution in [2.24, 2.45) is 5.92 Å². The van der Waals surface area contributed by atoms with Crippen molar-refractivity contribution in [1.29, 1.82) is 0 Å². The van der Waals surface area contributed by atoms with Gasteiger partial charge in [-0.1, -0.05) is 51.4 Å². The molecule has 41 heteroatoms. The lowest BCUT2D eigenvalue weighted by Crippen LogP contribution is -2.57. The Bertz CT molecular complexity index is 3060. The molecule has 0 aromatic rings. The zero-order valence-corrected chi connectivity index (χ0v) is 78.8. The fourth-order valence-corrected chi connectivity index (χ4v) is 15.1. The van der Waals surface area contributed by atoms with Gasteiger partial charge in [0.25, 0.3) is 0 Å². The van der Waals surface area contributed by atoms with E-state index >= 15 is 0 Å². The summed E-state index contributed by atoms with van der Waals surface area (Å²) in [5.41, 5.74) is 0. The number of Topliss-reactive ketones (excluding diaryl/α,β-unsaturated/α-hetero) is 3. The smallest absolute Gasteiger partial charge is 0.242 e. The maximum atomic E-state index is 13.3. The Balaban J connectivity index is 0.000000680. The second-order valence-electron chi connectivity index (χ2n) is 34.8. The van der Waals surface area contributed by atoms with E-state index in [2.05, 4.69) is 47.9 Å². The van der Waals surface area contributed by atoms with Crippen molar-refractivity contribution >= 4 is 70.5 Å². The molecule has 41 nitrogen and oxygen atoms in total. The van der Waals surface area contributed by atoms with Gasteiger partial charge >= 0.3 is 0 Å². The third-order valence-electron chi connectivity index (χ3n) is 23.4. The molecule has 4 aliphatic rings. The Kier molecular flexibility index (Phi) is 64.3. The van der Waals surface area contributed by atoms with Gasteiger partial charge in [-0.25, -0.2) is 0 Å². The number of ketones is 3. The average Bonchev–Trinajstić information content (AvgIpc) is 0.841. The molecule has 0 saturated carbocycles. The predicted octanol–water partition coefficient (Wildman–Crippen LogP) is 0.341. The van der Waals surface area contributed by atoms with Gasteiger partial charge < -0.3 is 147 Å². The van der Waals surface area contributed by atoms with Crippen LogP contribution in [0, 0.1) is 5.92 Å². The van der Waals surface area contributed by atoms with Crippen molar-refractivity contribution < 1.29 is 157 Å². The van der Waals surface area contributed by atoms with Crippen LogP contribution in [0.3, 0.4) is 0 Å². The van der Waals surface area contributed by atoms with E-state index in [1.54, 1.807) is 27.7 Å². The Morgan fingerprint density at radius 2 is 0.508 bits per heavy atom. The van der Waals surface area contributed by atoms with Crippen LogP contribution in [0.4, 0.5) is 0 Å². The molecule has 21 N–H and O–H groups in total. The maximum Gasteiger partial charge on any atom is 0.242 e. The van der Waals surface area contributed by atoms with Gasteiger partial charge in [0.1, 0.15) is 96.6 Å². The zero-order chi connectivity index (χ0) is 97.7. The van der Waals surface area contributed by atoms with Crippen LogP contribution in [-0.2, 0) is 95.4 Å². The summed E-state index contributed by atoms with van der Waals surface area (Å²) in [5.74, 6) is -1.80. The highest BCUT2D eigenvalue weighted by atomic mass is 16.7. The van der Waals surface area contributed by atoms with E-state index in [4.69, 9.17) is 37.9 Å². The molecule has 0 bridgehead atoms. The predicted molar refractivity (Wildman–Crippen MR) is 479 cm³/mol. The van der Waals surface area contributed by atoms with Crippen molar-refractivity contribution in [2.75, 3.05) is 78.8 Å². The highest BCUT2D eigenvalue weighted by Crippen LogP contribution is 2.27. The number of hydrogen-bond acceptors (Lipinski definition) is 32.